The number of aliphatic hydroxyl groups excluding tert-OH is 1. The predicted octanol–water partition coefficient (Wildman–Crippen LogP) is 4.47. The normalized spacial score (nSPS) is 22.0. The highest BCUT2D eigenvalue weighted by molar-refractivity contribution is 5.98. The van der Waals surface area contributed by atoms with Gasteiger partial charge in [0.05, 0.1) is 18.2 Å². The number of amides is 3. The first-order valence-electron chi connectivity index (χ1n) is 19.4. The number of nitrogens with one attached hydrogen (secondary N) is 2. The van der Waals surface area contributed by atoms with Crippen molar-refractivity contribution < 1.29 is 48.0 Å². The summed E-state index contributed by atoms with van der Waals surface area (Å²) < 4.78 is 24.9. The molecular formula is C43H53N3O10. The van der Waals surface area contributed by atoms with Crippen molar-refractivity contribution in [2.45, 2.75) is 108 Å². The first-order valence-corrected chi connectivity index (χ1v) is 19.4. The summed E-state index contributed by atoms with van der Waals surface area (Å²) in [6, 6.07) is 13.0. The number of aliphatic hydroxyl groups is 1. The van der Waals surface area contributed by atoms with Gasteiger partial charge in [0.2, 0.25) is 11.8 Å². The number of nitrogens with zero attached hydrogens (tertiary/aromatic N) is 1. The molecule has 2 aromatic rings. The van der Waals surface area contributed by atoms with Gasteiger partial charge in [-0.05, 0) is 94.4 Å². The molecule has 3 amide bonds. The third-order valence-corrected chi connectivity index (χ3v) is 10.3. The molecule has 0 bridgehead atoms. The number of hydrogen-bond acceptors (Lipinski definition) is 10. The first-order chi connectivity index (χ1) is 26.7. The van der Waals surface area contributed by atoms with E-state index in [-0.39, 0.29) is 61.6 Å². The lowest BCUT2D eigenvalue weighted by molar-refractivity contribution is -0.209. The number of carbonyl (C=O) groups is 5. The van der Waals surface area contributed by atoms with Crippen molar-refractivity contribution in [3.63, 3.8) is 0 Å². The van der Waals surface area contributed by atoms with Crippen LogP contribution in [0.25, 0.3) is 6.08 Å². The Labute approximate surface area is 327 Å². The van der Waals surface area contributed by atoms with Gasteiger partial charge in [0.15, 0.2) is 5.79 Å². The Morgan fingerprint density at radius 1 is 0.982 bits per heavy atom. The second-order valence-electron chi connectivity index (χ2n) is 16.3. The number of carbonyl (C=O) groups excluding carboxylic acids is 5. The average Bonchev–Trinajstić information content (AvgIpc) is 4.11. The van der Waals surface area contributed by atoms with Crippen LogP contribution < -0.4 is 10.6 Å². The molecule has 300 valence electrons. The highest BCUT2D eigenvalue weighted by atomic mass is 16.8. The summed E-state index contributed by atoms with van der Waals surface area (Å²) in [4.78, 5) is 66.5. The molecule has 13 nitrogen and oxygen atoms in total. The molecule has 2 aromatic carbocycles. The Bertz CT molecular complexity index is 1860. The van der Waals surface area contributed by atoms with Gasteiger partial charge < -0.3 is 39.6 Å². The molecule has 4 aliphatic rings. The van der Waals surface area contributed by atoms with E-state index in [2.05, 4.69) is 10.6 Å². The summed E-state index contributed by atoms with van der Waals surface area (Å²) in [5, 5.41) is 15.6. The number of esters is 2. The number of fused-ring (bicyclic) bond motifs is 1. The molecule has 1 aliphatic heterocycles. The highest BCUT2D eigenvalue weighted by Gasteiger charge is 2.64. The van der Waals surface area contributed by atoms with E-state index in [9.17, 15) is 29.1 Å². The summed E-state index contributed by atoms with van der Waals surface area (Å²) in [5.41, 5.74) is 1.55. The molecule has 56 heavy (non-hydrogen) atoms. The van der Waals surface area contributed by atoms with E-state index in [1.54, 1.807) is 95.5 Å². The van der Waals surface area contributed by atoms with Crippen LogP contribution in [0.3, 0.4) is 0 Å². The highest BCUT2D eigenvalue weighted by Crippen LogP contribution is 2.59. The van der Waals surface area contributed by atoms with E-state index in [1.165, 1.54) is 11.0 Å². The minimum atomic E-state index is -0.820. The summed E-state index contributed by atoms with van der Waals surface area (Å²) in [6.45, 7) is 5.07. The lowest BCUT2D eigenvalue weighted by atomic mass is 9.91. The van der Waals surface area contributed by atoms with Crippen LogP contribution in [-0.2, 0) is 39.9 Å². The quantitative estimate of drug-likeness (QED) is 0.174. The van der Waals surface area contributed by atoms with Crippen LogP contribution in [-0.4, -0.2) is 96.1 Å². The van der Waals surface area contributed by atoms with Crippen LogP contribution in [0.1, 0.15) is 97.6 Å². The van der Waals surface area contributed by atoms with Crippen molar-refractivity contribution in [3.05, 3.63) is 88.5 Å². The van der Waals surface area contributed by atoms with Crippen molar-refractivity contribution in [2.24, 2.45) is 11.8 Å². The minimum absolute atomic E-state index is 0.0372. The van der Waals surface area contributed by atoms with Crippen molar-refractivity contribution in [2.75, 3.05) is 20.7 Å². The minimum Gasteiger partial charge on any atom is -0.460 e. The van der Waals surface area contributed by atoms with Crippen molar-refractivity contribution in [1.82, 2.24) is 15.5 Å². The fourth-order valence-electron chi connectivity index (χ4n) is 7.19. The topological polar surface area (TPSA) is 170 Å². The summed E-state index contributed by atoms with van der Waals surface area (Å²) in [5.74, 6) is -2.30. The lowest BCUT2D eigenvalue weighted by Gasteiger charge is -2.31. The third kappa shape index (κ3) is 10.1. The van der Waals surface area contributed by atoms with Crippen molar-refractivity contribution in [1.29, 1.82) is 0 Å². The average molecular weight is 772 g/mol. The Kier molecular flexibility index (Phi) is 12.5. The van der Waals surface area contributed by atoms with E-state index in [1.807, 2.05) is 0 Å². The molecule has 3 aliphatic carbocycles. The zero-order chi connectivity index (χ0) is 40.2. The van der Waals surface area contributed by atoms with Gasteiger partial charge in [-0.1, -0.05) is 30.3 Å². The SMILES string of the molecule is CN(C)C(=O)C=Cc1ccccc1C(=O)O[C@@H]1CC(C(=O)NCc2cccc(C(=O)N[C@H](CO)CCC(=O)OC(C)(C)C)c2)=C[C@H]2OC(C3CC3)(C3CC3)O[C@H]21. The van der Waals surface area contributed by atoms with Gasteiger partial charge in [0.25, 0.3) is 5.91 Å². The molecule has 0 aromatic heterocycles. The number of likely N-dealkylation sites (N-methyl/N-ethyl adjacent to an activating group) is 1. The van der Waals surface area contributed by atoms with Gasteiger partial charge in [0.1, 0.15) is 23.9 Å². The third-order valence-electron chi connectivity index (χ3n) is 10.3. The van der Waals surface area contributed by atoms with E-state index in [4.69, 9.17) is 18.9 Å². The molecule has 1 saturated heterocycles. The Hall–Kier alpha value is -4.85. The second-order valence-corrected chi connectivity index (χ2v) is 16.3. The Morgan fingerprint density at radius 2 is 1.70 bits per heavy atom. The first kappa shape index (κ1) is 40.8. The van der Waals surface area contributed by atoms with Crippen molar-refractivity contribution >= 4 is 35.7 Å². The molecule has 13 heteroatoms. The van der Waals surface area contributed by atoms with Gasteiger partial charge in [-0.3, -0.25) is 19.2 Å². The second kappa shape index (κ2) is 17.1. The fraction of sp³-hybridized carbons (Fsp3) is 0.512. The maximum atomic E-state index is 13.8. The standard InChI is InChI=1S/C43H53N3O10/c1-42(2,3)55-37(49)20-18-32(25-47)45-40(51)28-11-8-9-26(21-28)24-44-39(50)29-22-34(38-35(23-29)54-43(56-38,30-14-15-30)31-16-17-31)53-41(52)33-12-7-6-10-27(33)13-19-36(48)46(4)5/h6-13,19,21,23,30-32,34-35,38,47H,14-18,20,22,24-25H2,1-5H3,(H,44,50)(H,45,51)/t32-,34+,35+,38-/m0/s1. The number of ether oxygens (including phenoxy) is 4. The van der Waals surface area contributed by atoms with Crippen molar-refractivity contribution in [3.8, 4) is 0 Å². The molecule has 0 spiro atoms. The zero-order valence-corrected chi connectivity index (χ0v) is 32.7. The van der Waals surface area contributed by atoms with Crippen LogP contribution in [0, 0.1) is 11.8 Å². The van der Waals surface area contributed by atoms with Crippen LogP contribution >= 0.6 is 0 Å². The van der Waals surface area contributed by atoms with Gasteiger partial charge >= 0.3 is 11.9 Å². The van der Waals surface area contributed by atoms with Gasteiger partial charge in [0, 0.05) is 62.5 Å². The van der Waals surface area contributed by atoms with Crippen LogP contribution in [0.2, 0.25) is 0 Å². The number of rotatable bonds is 15. The number of hydrogen-bond donors (Lipinski definition) is 3. The fourth-order valence-corrected chi connectivity index (χ4v) is 7.19. The monoisotopic (exact) mass is 771 g/mol. The maximum absolute atomic E-state index is 13.8. The Morgan fingerprint density at radius 3 is 2.36 bits per heavy atom. The smallest absolute Gasteiger partial charge is 0.339 e. The predicted molar refractivity (Wildman–Crippen MR) is 206 cm³/mol. The molecule has 2 saturated carbocycles. The summed E-state index contributed by atoms with van der Waals surface area (Å²) in [7, 11) is 3.29. The largest absolute Gasteiger partial charge is 0.460 e. The lowest BCUT2D eigenvalue weighted by Crippen LogP contribution is -2.44. The summed E-state index contributed by atoms with van der Waals surface area (Å²) >= 11 is 0. The molecule has 0 radical (unpaired) electrons. The molecule has 3 N–H and O–H groups in total. The van der Waals surface area contributed by atoms with Gasteiger partial charge in [-0.25, -0.2) is 4.79 Å². The van der Waals surface area contributed by atoms with E-state index in [0.717, 1.165) is 25.7 Å². The van der Waals surface area contributed by atoms with Crippen LogP contribution in [0.15, 0.2) is 66.3 Å². The van der Waals surface area contributed by atoms with E-state index < -0.39 is 53.6 Å². The van der Waals surface area contributed by atoms with E-state index in [0.29, 0.717) is 22.3 Å². The molecule has 0 unspecified atom stereocenters. The molecule has 6 rings (SSSR count). The summed E-state index contributed by atoms with van der Waals surface area (Å²) in [6.07, 6.45) is 7.06. The van der Waals surface area contributed by atoms with Gasteiger partial charge in [-0.15, -0.1) is 0 Å². The van der Waals surface area contributed by atoms with Crippen LogP contribution in [0.5, 0.6) is 0 Å². The zero-order valence-electron chi connectivity index (χ0n) is 32.7. The maximum Gasteiger partial charge on any atom is 0.339 e. The number of benzene rings is 2. The van der Waals surface area contributed by atoms with E-state index >= 15 is 0 Å². The molecule has 3 fully saturated rings. The molecular weight excluding hydrogens is 718 g/mol. The van der Waals surface area contributed by atoms with Gasteiger partial charge in [-0.2, -0.15) is 0 Å². The molecule has 1 heterocycles. The Balaban J connectivity index is 1.13. The van der Waals surface area contributed by atoms with Crippen LogP contribution in [0.4, 0.5) is 0 Å². The molecule has 4 atom stereocenters.